The normalized spacial score (nSPS) is 11.5. The maximum Gasteiger partial charge on any atom is 0.419 e. The number of hydrogen-bond acceptors (Lipinski definition) is 3. The van der Waals surface area contributed by atoms with E-state index in [0.717, 1.165) is 17.3 Å². The van der Waals surface area contributed by atoms with E-state index in [0.29, 0.717) is 6.42 Å². The number of ether oxygens (including phenoxy) is 1. The first-order valence-electron chi connectivity index (χ1n) is 6.48. The Balaban J connectivity index is 2.39. The van der Waals surface area contributed by atoms with Crippen LogP contribution in [0.2, 0.25) is 0 Å². The molecule has 0 bridgehead atoms. The Labute approximate surface area is 120 Å². The minimum absolute atomic E-state index is 0.117. The molecule has 0 aliphatic carbocycles. The maximum absolute atomic E-state index is 12.9. The van der Waals surface area contributed by atoms with Gasteiger partial charge in [-0.25, -0.2) is 4.98 Å². The van der Waals surface area contributed by atoms with Gasteiger partial charge in [-0.15, -0.1) is 0 Å². The number of para-hydroxylation sites is 1. The van der Waals surface area contributed by atoms with Crippen molar-refractivity contribution in [1.82, 2.24) is 4.98 Å². The number of halogens is 3. The molecule has 0 spiro atoms. The van der Waals surface area contributed by atoms with E-state index in [1.54, 1.807) is 6.07 Å². The predicted octanol–water partition coefficient (Wildman–Crippen LogP) is 3.91. The Hall–Kier alpha value is -2.08. The minimum Gasteiger partial charge on any atom is -0.438 e. The van der Waals surface area contributed by atoms with Crippen LogP contribution in [0.5, 0.6) is 11.6 Å². The van der Waals surface area contributed by atoms with Crippen LogP contribution < -0.4 is 10.5 Å². The fourth-order valence-corrected chi connectivity index (χ4v) is 1.87. The van der Waals surface area contributed by atoms with E-state index in [-0.39, 0.29) is 18.2 Å². The Morgan fingerprint density at radius 3 is 2.52 bits per heavy atom. The predicted molar refractivity (Wildman–Crippen MR) is 73.0 cm³/mol. The Bertz CT molecular complexity index is 604. The summed E-state index contributed by atoms with van der Waals surface area (Å²) in [5, 5.41) is 0. The molecule has 0 amide bonds. The monoisotopic (exact) mass is 296 g/mol. The van der Waals surface area contributed by atoms with Gasteiger partial charge in [-0.1, -0.05) is 19.1 Å². The highest BCUT2D eigenvalue weighted by atomic mass is 19.4. The molecule has 0 aliphatic rings. The molecule has 0 aliphatic heterocycles. The molecular formula is C15H15F3N2O. The van der Waals surface area contributed by atoms with Crippen LogP contribution in [0.25, 0.3) is 0 Å². The van der Waals surface area contributed by atoms with Gasteiger partial charge < -0.3 is 10.5 Å². The van der Waals surface area contributed by atoms with Crippen LogP contribution in [0.15, 0.2) is 36.4 Å². The Kier molecular flexibility index (Phi) is 4.47. The van der Waals surface area contributed by atoms with E-state index in [1.807, 2.05) is 13.0 Å². The number of aromatic nitrogens is 1. The first kappa shape index (κ1) is 15.3. The van der Waals surface area contributed by atoms with Crippen LogP contribution in [-0.2, 0) is 19.1 Å². The topological polar surface area (TPSA) is 48.1 Å². The van der Waals surface area contributed by atoms with E-state index in [1.165, 1.54) is 18.2 Å². The molecule has 0 saturated heterocycles. The van der Waals surface area contributed by atoms with Gasteiger partial charge in [0.25, 0.3) is 0 Å². The average molecular weight is 296 g/mol. The summed E-state index contributed by atoms with van der Waals surface area (Å²) >= 11 is 0. The minimum atomic E-state index is -4.48. The summed E-state index contributed by atoms with van der Waals surface area (Å²) in [6, 6.07) is 8.40. The first-order valence-corrected chi connectivity index (χ1v) is 6.48. The second-order valence-corrected chi connectivity index (χ2v) is 4.46. The van der Waals surface area contributed by atoms with Gasteiger partial charge in [-0.3, -0.25) is 0 Å². The third kappa shape index (κ3) is 3.72. The zero-order valence-electron chi connectivity index (χ0n) is 11.4. The van der Waals surface area contributed by atoms with Crippen LogP contribution >= 0.6 is 0 Å². The number of nitrogens with two attached hydrogens (primary N) is 1. The van der Waals surface area contributed by atoms with Crippen LogP contribution in [0.3, 0.4) is 0 Å². The van der Waals surface area contributed by atoms with Gasteiger partial charge in [0.15, 0.2) is 0 Å². The molecule has 2 N–H and O–H groups in total. The lowest BCUT2D eigenvalue weighted by Crippen LogP contribution is -2.07. The summed E-state index contributed by atoms with van der Waals surface area (Å²) in [5.41, 5.74) is 6.23. The fourth-order valence-electron chi connectivity index (χ4n) is 1.87. The van der Waals surface area contributed by atoms with Crippen molar-refractivity contribution < 1.29 is 17.9 Å². The van der Waals surface area contributed by atoms with Crippen molar-refractivity contribution >= 4 is 0 Å². The molecule has 1 heterocycles. The van der Waals surface area contributed by atoms with Crippen molar-refractivity contribution in [2.24, 2.45) is 5.73 Å². The second kappa shape index (κ2) is 6.13. The molecular weight excluding hydrogens is 281 g/mol. The molecule has 21 heavy (non-hydrogen) atoms. The molecule has 3 nitrogen and oxygen atoms in total. The van der Waals surface area contributed by atoms with E-state index in [4.69, 9.17) is 10.5 Å². The largest absolute Gasteiger partial charge is 0.438 e. The van der Waals surface area contributed by atoms with Gasteiger partial charge in [-0.2, -0.15) is 13.2 Å². The zero-order chi connectivity index (χ0) is 15.5. The van der Waals surface area contributed by atoms with Gasteiger partial charge in [-0.05, 0) is 30.2 Å². The van der Waals surface area contributed by atoms with E-state index < -0.39 is 11.7 Å². The standard InChI is InChI=1S/C15H15F3N2O/c1-2-11-7-10(9-19)8-14(20-11)21-13-6-4-3-5-12(13)15(16,17)18/h3-8H,2,9,19H2,1H3. The van der Waals surface area contributed by atoms with Crippen molar-refractivity contribution in [2.45, 2.75) is 26.1 Å². The molecule has 0 unspecified atom stereocenters. The molecule has 6 heteroatoms. The number of aryl methyl sites for hydroxylation is 1. The quantitative estimate of drug-likeness (QED) is 0.930. The lowest BCUT2D eigenvalue weighted by molar-refractivity contribution is -0.138. The number of rotatable bonds is 4. The Morgan fingerprint density at radius 1 is 1.19 bits per heavy atom. The fraction of sp³-hybridized carbons (Fsp3) is 0.267. The molecule has 0 atom stereocenters. The summed E-state index contributed by atoms with van der Waals surface area (Å²) in [7, 11) is 0. The molecule has 0 fully saturated rings. The molecule has 2 aromatic rings. The maximum atomic E-state index is 12.9. The summed E-state index contributed by atoms with van der Waals surface area (Å²) < 4.78 is 44.1. The van der Waals surface area contributed by atoms with Crippen LogP contribution in [0.4, 0.5) is 13.2 Å². The molecule has 2 rings (SSSR count). The first-order chi connectivity index (χ1) is 9.94. The van der Waals surface area contributed by atoms with Crippen LogP contribution in [0, 0.1) is 0 Å². The SMILES string of the molecule is CCc1cc(CN)cc(Oc2ccccc2C(F)(F)F)n1. The van der Waals surface area contributed by atoms with Crippen molar-refractivity contribution in [3.8, 4) is 11.6 Å². The van der Waals surface area contributed by atoms with Crippen LogP contribution in [-0.4, -0.2) is 4.98 Å². The number of pyridine rings is 1. The summed E-state index contributed by atoms with van der Waals surface area (Å²) in [6.07, 6.45) is -3.83. The lowest BCUT2D eigenvalue weighted by Gasteiger charge is -2.14. The van der Waals surface area contributed by atoms with Gasteiger partial charge in [0.05, 0.1) is 5.56 Å². The lowest BCUT2D eigenvalue weighted by atomic mass is 10.2. The number of hydrogen-bond donors (Lipinski definition) is 1. The highest BCUT2D eigenvalue weighted by molar-refractivity contribution is 5.39. The van der Waals surface area contributed by atoms with E-state index in [2.05, 4.69) is 4.98 Å². The molecule has 0 saturated carbocycles. The van der Waals surface area contributed by atoms with Crippen molar-refractivity contribution in [1.29, 1.82) is 0 Å². The number of alkyl halides is 3. The van der Waals surface area contributed by atoms with Crippen molar-refractivity contribution in [3.63, 3.8) is 0 Å². The number of benzene rings is 1. The van der Waals surface area contributed by atoms with Gasteiger partial charge in [0.2, 0.25) is 5.88 Å². The van der Waals surface area contributed by atoms with Crippen LogP contribution in [0.1, 0.15) is 23.7 Å². The average Bonchev–Trinajstić information content (AvgIpc) is 2.46. The summed E-state index contributed by atoms with van der Waals surface area (Å²) in [6.45, 7) is 2.17. The van der Waals surface area contributed by atoms with Crippen molar-refractivity contribution in [3.05, 3.63) is 53.2 Å². The van der Waals surface area contributed by atoms with E-state index >= 15 is 0 Å². The summed E-state index contributed by atoms with van der Waals surface area (Å²) in [5.74, 6) is -0.153. The smallest absolute Gasteiger partial charge is 0.419 e. The van der Waals surface area contributed by atoms with Crippen molar-refractivity contribution in [2.75, 3.05) is 0 Å². The van der Waals surface area contributed by atoms with Gasteiger partial charge in [0, 0.05) is 18.3 Å². The summed E-state index contributed by atoms with van der Waals surface area (Å²) in [4.78, 5) is 4.17. The Morgan fingerprint density at radius 2 is 1.90 bits per heavy atom. The third-order valence-electron chi connectivity index (χ3n) is 2.92. The number of nitrogens with zero attached hydrogens (tertiary/aromatic N) is 1. The third-order valence-corrected chi connectivity index (χ3v) is 2.92. The molecule has 0 radical (unpaired) electrons. The molecule has 1 aromatic heterocycles. The highest BCUT2D eigenvalue weighted by Gasteiger charge is 2.34. The molecule has 1 aromatic carbocycles. The highest BCUT2D eigenvalue weighted by Crippen LogP contribution is 2.37. The second-order valence-electron chi connectivity index (χ2n) is 4.46. The zero-order valence-corrected chi connectivity index (χ0v) is 11.4. The molecule has 112 valence electrons. The van der Waals surface area contributed by atoms with E-state index in [9.17, 15) is 13.2 Å². The van der Waals surface area contributed by atoms with Gasteiger partial charge in [0.1, 0.15) is 5.75 Å². The van der Waals surface area contributed by atoms with Gasteiger partial charge >= 0.3 is 6.18 Å².